The van der Waals surface area contributed by atoms with Gasteiger partial charge in [0.25, 0.3) is 5.91 Å². The molecule has 1 aromatic carbocycles. The molecule has 0 atom stereocenters. The first kappa shape index (κ1) is 12.0. The van der Waals surface area contributed by atoms with Crippen LogP contribution in [0.25, 0.3) is 11.1 Å². The van der Waals surface area contributed by atoms with Crippen LogP contribution in [0.4, 0.5) is 4.39 Å². The second kappa shape index (κ2) is 4.40. The standard InChI is InChI=1S/C12H10FN3O2/c1-6-9(7-2-4-8(13)5-3-7)11(17)10(12(14)18)16-15-6/h2-5H,1H3,(H2,14,18)(H,15,17). The lowest BCUT2D eigenvalue weighted by atomic mass is 10.0. The van der Waals surface area contributed by atoms with Crippen molar-refractivity contribution in [1.82, 2.24) is 10.2 Å². The second-order valence-electron chi connectivity index (χ2n) is 3.77. The zero-order valence-electron chi connectivity index (χ0n) is 9.53. The zero-order chi connectivity index (χ0) is 13.3. The average Bonchev–Trinajstić information content (AvgIpc) is 2.31. The lowest BCUT2D eigenvalue weighted by Crippen LogP contribution is -2.26. The second-order valence-corrected chi connectivity index (χ2v) is 3.77. The topological polar surface area (TPSA) is 88.8 Å². The van der Waals surface area contributed by atoms with Crippen LogP contribution in [0.5, 0.6) is 0 Å². The summed E-state index contributed by atoms with van der Waals surface area (Å²) in [5.41, 5.74) is 5.37. The van der Waals surface area contributed by atoms with Gasteiger partial charge in [-0.2, -0.15) is 5.10 Å². The van der Waals surface area contributed by atoms with Gasteiger partial charge in [0.1, 0.15) is 5.82 Å². The quantitative estimate of drug-likeness (QED) is 0.829. The van der Waals surface area contributed by atoms with Gasteiger partial charge in [-0.1, -0.05) is 12.1 Å². The number of aromatic nitrogens is 2. The normalized spacial score (nSPS) is 10.3. The molecule has 6 heteroatoms. The fraction of sp³-hybridized carbons (Fsp3) is 0.0833. The third-order valence-corrected chi connectivity index (χ3v) is 2.52. The molecule has 0 aliphatic heterocycles. The average molecular weight is 247 g/mol. The molecule has 92 valence electrons. The summed E-state index contributed by atoms with van der Waals surface area (Å²) in [7, 11) is 0. The summed E-state index contributed by atoms with van der Waals surface area (Å²) in [5.74, 6) is -1.31. The molecule has 0 spiro atoms. The molecule has 1 heterocycles. The first-order chi connectivity index (χ1) is 8.50. The molecular formula is C12H10FN3O2. The van der Waals surface area contributed by atoms with Crippen molar-refractivity contribution in [1.29, 1.82) is 0 Å². The van der Waals surface area contributed by atoms with Gasteiger partial charge < -0.3 is 5.73 Å². The van der Waals surface area contributed by atoms with Crippen molar-refractivity contribution in [2.24, 2.45) is 5.73 Å². The molecular weight excluding hydrogens is 237 g/mol. The molecule has 0 fully saturated rings. The third-order valence-electron chi connectivity index (χ3n) is 2.52. The molecule has 5 nitrogen and oxygen atoms in total. The predicted octanol–water partition coefficient (Wildman–Crippen LogP) is 0.983. The number of nitrogens with zero attached hydrogens (tertiary/aromatic N) is 1. The van der Waals surface area contributed by atoms with E-state index in [0.717, 1.165) is 0 Å². The van der Waals surface area contributed by atoms with Crippen molar-refractivity contribution in [2.45, 2.75) is 6.92 Å². The van der Waals surface area contributed by atoms with E-state index in [1.54, 1.807) is 6.92 Å². The molecule has 1 aromatic heterocycles. The van der Waals surface area contributed by atoms with Crippen LogP contribution in [-0.2, 0) is 0 Å². The number of nitrogens with one attached hydrogen (secondary N) is 1. The van der Waals surface area contributed by atoms with E-state index in [0.29, 0.717) is 11.3 Å². The van der Waals surface area contributed by atoms with Crippen molar-refractivity contribution in [2.75, 3.05) is 0 Å². The summed E-state index contributed by atoms with van der Waals surface area (Å²) in [6.07, 6.45) is 0. The van der Waals surface area contributed by atoms with E-state index in [1.807, 2.05) is 0 Å². The van der Waals surface area contributed by atoms with Gasteiger partial charge in [-0.25, -0.2) is 4.39 Å². The van der Waals surface area contributed by atoms with Gasteiger partial charge in [0.2, 0.25) is 5.43 Å². The van der Waals surface area contributed by atoms with E-state index in [1.165, 1.54) is 24.3 Å². The third kappa shape index (κ3) is 2.00. The Hall–Kier alpha value is -2.50. The number of rotatable bonds is 2. The number of aromatic amines is 1. The monoisotopic (exact) mass is 247 g/mol. The number of primary amides is 1. The Morgan fingerprint density at radius 1 is 1.33 bits per heavy atom. The van der Waals surface area contributed by atoms with E-state index >= 15 is 0 Å². The Bertz CT molecular complexity index is 662. The van der Waals surface area contributed by atoms with E-state index < -0.39 is 17.2 Å². The maximum atomic E-state index is 12.8. The summed E-state index contributed by atoms with van der Waals surface area (Å²) in [6, 6.07) is 5.38. The van der Waals surface area contributed by atoms with E-state index in [-0.39, 0.29) is 11.3 Å². The van der Waals surface area contributed by atoms with Gasteiger partial charge in [-0.3, -0.25) is 14.7 Å². The minimum absolute atomic E-state index is 0.263. The summed E-state index contributed by atoms with van der Waals surface area (Å²) < 4.78 is 12.8. The number of halogens is 1. The summed E-state index contributed by atoms with van der Waals surface area (Å²) in [5, 5.41) is 6.15. The molecule has 0 saturated carbocycles. The Morgan fingerprint density at radius 3 is 2.50 bits per heavy atom. The van der Waals surface area contributed by atoms with Crippen molar-refractivity contribution in [3.05, 3.63) is 51.7 Å². The van der Waals surface area contributed by atoms with Gasteiger partial charge in [0.05, 0.1) is 5.56 Å². The van der Waals surface area contributed by atoms with E-state index in [9.17, 15) is 14.0 Å². The number of H-pyrrole nitrogens is 1. The predicted molar refractivity (Wildman–Crippen MR) is 63.5 cm³/mol. The van der Waals surface area contributed by atoms with Gasteiger partial charge >= 0.3 is 0 Å². The molecule has 18 heavy (non-hydrogen) atoms. The highest BCUT2D eigenvalue weighted by Crippen LogP contribution is 2.18. The molecule has 0 unspecified atom stereocenters. The van der Waals surface area contributed by atoms with Crippen LogP contribution >= 0.6 is 0 Å². The Labute approximate surface area is 101 Å². The van der Waals surface area contributed by atoms with Crippen molar-refractivity contribution in [3.63, 3.8) is 0 Å². The molecule has 0 aliphatic carbocycles. The molecule has 0 bridgehead atoms. The Balaban J connectivity index is 2.71. The number of benzene rings is 1. The number of carbonyl (C=O) groups excluding carboxylic acids is 1. The molecule has 1 amide bonds. The van der Waals surface area contributed by atoms with Crippen LogP contribution < -0.4 is 11.2 Å². The first-order valence-electron chi connectivity index (χ1n) is 5.15. The lowest BCUT2D eigenvalue weighted by Gasteiger charge is -2.06. The molecule has 0 radical (unpaired) electrons. The number of nitrogens with two attached hydrogens (primary N) is 1. The number of hydrogen-bond acceptors (Lipinski definition) is 3. The number of hydrogen-bond donors (Lipinski definition) is 2. The van der Waals surface area contributed by atoms with E-state index in [2.05, 4.69) is 10.2 Å². The minimum atomic E-state index is -0.903. The molecule has 2 rings (SSSR count). The van der Waals surface area contributed by atoms with Gasteiger partial charge in [0, 0.05) is 5.69 Å². The maximum Gasteiger partial charge on any atom is 0.273 e. The highest BCUT2D eigenvalue weighted by Gasteiger charge is 2.16. The zero-order valence-corrected chi connectivity index (χ0v) is 9.53. The summed E-state index contributed by atoms with van der Waals surface area (Å²) in [4.78, 5) is 23.1. The van der Waals surface area contributed by atoms with Gasteiger partial charge in [-0.05, 0) is 24.6 Å². The van der Waals surface area contributed by atoms with Crippen molar-refractivity contribution < 1.29 is 9.18 Å². The van der Waals surface area contributed by atoms with Crippen LogP contribution in [0.1, 0.15) is 16.2 Å². The Morgan fingerprint density at radius 2 is 1.94 bits per heavy atom. The molecule has 2 aromatic rings. The minimum Gasteiger partial charge on any atom is -0.364 e. The first-order valence-corrected chi connectivity index (χ1v) is 5.15. The smallest absolute Gasteiger partial charge is 0.273 e. The maximum absolute atomic E-state index is 12.8. The number of amides is 1. The molecule has 0 aliphatic rings. The van der Waals surface area contributed by atoms with Crippen LogP contribution in [0.15, 0.2) is 29.1 Å². The lowest BCUT2D eigenvalue weighted by molar-refractivity contribution is 0.0993. The largest absolute Gasteiger partial charge is 0.364 e. The number of aryl methyl sites for hydroxylation is 1. The summed E-state index contributed by atoms with van der Waals surface area (Å²) in [6.45, 7) is 1.64. The van der Waals surface area contributed by atoms with Crippen molar-refractivity contribution in [3.8, 4) is 11.1 Å². The van der Waals surface area contributed by atoms with Gasteiger partial charge in [0.15, 0.2) is 5.69 Å². The SMILES string of the molecule is Cc1[nH]nc(C(N)=O)c(=O)c1-c1ccc(F)cc1. The van der Waals surface area contributed by atoms with Gasteiger partial charge in [-0.15, -0.1) is 0 Å². The van der Waals surface area contributed by atoms with Crippen LogP contribution in [0.2, 0.25) is 0 Å². The van der Waals surface area contributed by atoms with E-state index in [4.69, 9.17) is 5.73 Å². The highest BCUT2D eigenvalue weighted by atomic mass is 19.1. The van der Waals surface area contributed by atoms with Crippen LogP contribution in [0, 0.1) is 12.7 Å². The van der Waals surface area contributed by atoms with Crippen molar-refractivity contribution >= 4 is 5.91 Å². The molecule has 3 N–H and O–H groups in total. The fourth-order valence-electron chi connectivity index (χ4n) is 1.67. The summed E-state index contributed by atoms with van der Waals surface area (Å²) >= 11 is 0. The molecule has 0 saturated heterocycles. The highest BCUT2D eigenvalue weighted by molar-refractivity contribution is 5.91. The number of carbonyl (C=O) groups is 1. The van der Waals surface area contributed by atoms with Crippen LogP contribution in [0.3, 0.4) is 0 Å². The fourth-order valence-corrected chi connectivity index (χ4v) is 1.67. The van der Waals surface area contributed by atoms with Crippen LogP contribution in [-0.4, -0.2) is 16.1 Å². The Kier molecular flexibility index (Phi) is 2.93.